The number of carbonyl (C=O) groups is 1. The first-order valence-corrected chi connectivity index (χ1v) is 5.14. The van der Waals surface area contributed by atoms with Crippen LogP contribution >= 0.6 is 22.6 Å². The molecule has 1 aromatic carbocycles. The molecule has 72 valence electrons. The van der Waals surface area contributed by atoms with E-state index in [0.717, 1.165) is 9.13 Å². The molecule has 0 aliphatic rings. The van der Waals surface area contributed by atoms with Crippen LogP contribution < -0.4 is 0 Å². The summed E-state index contributed by atoms with van der Waals surface area (Å²) < 4.78 is 0.890. The Bertz CT molecular complexity index is 421. The van der Waals surface area contributed by atoms with Gasteiger partial charge >= 0.3 is 5.97 Å². The summed E-state index contributed by atoms with van der Waals surface area (Å²) in [5.74, 6) is -1.03. The molecule has 0 heterocycles. The van der Waals surface area contributed by atoms with Gasteiger partial charge in [-0.25, -0.2) is 4.79 Å². The Kier molecular flexibility index (Phi) is 3.47. The van der Waals surface area contributed by atoms with Gasteiger partial charge in [0.25, 0.3) is 0 Å². The average Bonchev–Trinajstić information content (AvgIpc) is 2.17. The van der Waals surface area contributed by atoms with E-state index in [-0.39, 0.29) is 11.1 Å². The fourth-order valence-corrected chi connectivity index (χ4v) is 2.14. The second kappa shape index (κ2) is 4.42. The van der Waals surface area contributed by atoms with Crippen LogP contribution in [0.3, 0.4) is 0 Å². The van der Waals surface area contributed by atoms with Crippen molar-refractivity contribution in [3.05, 3.63) is 32.4 Å². The molecular formula is C10H8INO2. The van der Waals surface area contributed by atoms with Crippen LogP contribution in [0.5, 0.6) is 0 Å². The highest BCUT2D eigenvalue weighted by Crippen LogP contribution is 2.21. The lowest BCUT2D eigenvalue weighted by Crippen LogP contribution is -2.06. The molecule has 0 aliphatic carbocycles. The molecule has 0 amide bonds. The Morgan fingerprint density at radius 2 is 2.29 bits per heavy atom. The third-order valence-electron chi connectivity index (χ3n) is 1.94. The van der Waals surface area contributed by atoms with Gasteiger partial charge in [0.2, 0.25) is 0 Å². The summed E-state index contributed by atoms with van der Waals surface area (Å²) in [6.45, 7) is 1.88. The van der Waals surface area contributed by atoms with Gasteiger partial charge < -0.3 is 5.11 Å². The molecule has 0 atom stereocenters. The summed E-state index contributed by atoms with van der Waals surface area (Å²) in [5.41, 5.74) is 1.11. The molecule has 0 unspecified atom stereocenters. The van der Waals surface area contributed by atoms with Crippen molar-refractivity contribution in [2.75, 3.05) is 0 Å². The minimum atomic E-state index is -1.03. The van der Waals surface area contributed by atoms with E-state index in [1.807, 2.05) is 13.0 Å². The van der Waals surface area contributed by atoms with Crippen LogP contribution in [0, 0.1) is 14.9 Å². The summed E-state index contributed by atoms with van der Waals surface area (Å²) in [7, 11) is 0. The zero-order valence-electron chi connectivity index (χ0n) is 7.54. The van der Waals surface area contributed by atoms with E-state index in [0.29, 0.717) is 6.42 Å². The van der Waals surface area contributed by atoms with Crippen molar-refractivity contribution in [3.63, 3.8) is 0 Å². The van der Waals surface area contributed by atoms with Gasteiger partial charge in [-0.3, -0.25) is 0 Å². The van der Waals surface area contributed by atoms with E-state index in [1.165, 1.54) is 0 Å². The molecule has 14 heavy (non-hydrogen) atoms. The molecule has 0 aromatic heterocycles. The number of benzene rings is 1. The Balaban J connectivity index is 3.54. The number of hydrogen-bond donors (Lipinski definition) is 1. The Morgan fingerprint density at radius 3 is 2.71 bits per heavy atom. The van der Waals surface area contributed by atoms with Crippen molar-refractivity contribution in [1.82, 2.24) is 0 Å². The first kappa shape index (κ1) is 11.0. The highest BCUT2D eigenvalue weighted by atomic mass is 127. The number of carboxylic acids is 1. The molecular weight excluding hydrogens is 293 g/mol. The summed E-state index contributed by atoms with van der Waals surface area (Å²) in [6, 6.07) is 5.21. The Labute approximate surface area is 95.5 Å². The van der Waals surface area contributed by atoms with Crippen molar-refractivity contribution in [1.29, 1.82) is 5.26 Å². The fraction of sp³-hybridized carbons (Fsp3) is 0.200. The normalized spacial score (nSPS) is 9.50. The predicted octanol–water partition coefficient (Wildman–Crippen LogP) is 2.42. The zero-order valence-corrected chi connectivity index (χ0v) is 9.70. The number of rotatable bonds is 2. The Hall–Kier alpha value is -1.09. The van der Waals surface area contributed by atoms with Crippen molar-refractivity contribution >= 4 is 28.6 Å². The van der Waals surface area contributed by atoms with E-state index < -0.39 is 5.97 Å². The monoisotopic (exact) mass is 301 g/mol. The third-order valence-corrected chi connectivity index (χ3v) is 2.95. The number of nitriles is 1. The van der Waals surface area contributed by atoms with Crippen LogP contribution in [0.1, 0.15) is 28.4 Å². The predicted molar refractivity (Wildman–Crippen MR) is 60.2 cm³/mol. The summed E-state index contributed by atoms with van der Waals surface area (Å²) in [6.07, 6.45) is 0.620. The van der Waals surface area contributed by atoms with Crippen molar-refractivity contribution < 1.29 is 9.90 Å². The Morgan fingerprint density at radius 1 is 1.64 bits per heavy atom. The smallest absolute Gasteiger partial charge is 0.337 e. The first-order chi connectivity index (χ1) is 6.61. The molecule has 0 spiro atoms. The number of hydrogen-bond acceptors (Lipinski definition) is 2. The SMILES string of the molecule is CCc1c(I)ccc(C#N)c1C(=O)O. The van der Waals surface area contributed by atoms with Gasteiger partial charge in [-0.15, -0.1) is 0 Å². The van der Waals surface area contributed by atoms with Crippen LogP contribution in [0.2, 0.25) is 0 Å². The van der Waals surface area contributed by atoms with Gasteiger partial charge in [0, 0.05) is 3.57 Å². The van der Waals surface area contributed by atoms with Crippen LogP contribution in [-0.4, -0.2) is 11.1 Å². The van der Waals surface area contributed by atoms with Gasteiger partial charge in [-0.2, -0.15) is 5.26 Å². The number of halogens is 1. The minimum absolute atomic E-state index is 0.141. The molecule has 0 radical (unpaired) electrons. The van der Waals surface area contributed by atoms with E-state index in [4.69, 9.17) is 10.4 Å². The molecule has 0 fully saturated rings. The zero-order chi connectivity index (χ0) is 10.7. The lowest BCUT2D eigenvalue weighted by atomic mass is 10.0. The van der Waals surface area contributed by atoms with Crippen LogP contribution in [0.4, 0.5) is 0 Å². The van der Waals surface area contributed by atoms with Crippen molar-refractivity contribution in [2.24, 2.45) is 0 Å². The highest BCUT2D eigenvalue weighted by Gasteiger charge is 2.16. The quantitative estimate of drug-likeness (QED) is 0.853. The largest absolute Gasteiger partial charge is 0.478 e. The molecule has 1 aromatic rings. The van der Waals surface area contributed by atoms with Gasteiger partial charge in [0.1, 0.15) is 6.07 Å². The van der Waals surface area contributed by atoms with Crippen molar-refractivity contribution in [3.8, 4) is 6.07 Å². The molecule has 0 saturated carbocycles. The first-order valence-electron chi connectivity index (χ1n) is 4.06. The maximum atomic E-state index is 11.0. The molecule has 3 nitrogen and oxygen atoms in total. The number of aromatic carboxylic acids is 1. The fourth-order valence-electron chi connectivity index (χ4n) is 1.31. The maximum absolute atomic E-state index is 11.0. The van der Waals surface area contributed by atoms with E-state index in [2.05, 4.69) is 22.6 Å². The molecule has 0 saturated heterocycles. The molecule has 4 heteroatoms. The standard InChI is InChI=1S/C10H8INO2/c1-2-7-8(11)4-3-6(5-12)9(7)10(13)14/h3-4H,2H2,1H3,(H,13,14). The van der Waals surface area contributed by atoms with Gasteiger partial charge in [0.05, 0.1) is 11.1 Å². The number of nitrogens with zero attached hydrogens (tertiary/aromatic N) is 1. The van der Waals surface area contributed by atoms with E-state index in [1.54, 1.807) is 12.1 Å². The summed E-state index contributed by atoms with van der Waals surface area (Å²) in [4.78, 5) is 11.0. The average molecular weight is 301 g/mol. The van der Waals surface area contributed by atoms with Crippen LogP contribution in [0.15, 0.2) is 12.1 Å². The minimum Gasteiger partial charge on any atom is -0.478 e. The topological polar surface area (TPSA) is 61.1 Å². The number of carboxylic acid groups (broad SMARTS) is 1. The highest BCUT2D eigenvalue weighted by molar-refractivity contribution is 14.1. The second-order valence-corrected chi connectivity index (χ2v) is 3.88. The molecule has 1 N–H and O–H groups in total. The molecule has 0 aliphatic heterocycles. The van der Waals surface area contributed by atoms with Gasteiger partial charge in [0.15, 0.2) is 0 Å². The van der Waals surface area contributed by atoms with Crippen LogP contribution in [0.25, 0.3) is 0 Å². The summed E-state index contributed by atoms with van der Waals surface area (Å²) >= 11 is 2.08. The van der Waals surface area contributed by atoms with Gasteiger partial charge in [-0.1, -0.05) is 6.92 Å². The molecule has 0 bridgehead atoms. The lowest BCUT2D eigenvalue weighted by Gasteiger charge is -2.07. The maximum Gasteiger partial charge on any atom is 0.337 e. The van der Waals surface area contributed by atoms with Gasteiger partial charge in [-0.05, 0) is 46.7 Å². The van der Waals surface area contributed by atoms with Crippen molar-refractivity contribution in [2.45, 2.75) is 13.3 Å². The van der Waals surface area contributed by atoms with Crippen LogP contribution in [-0.2, 0) is 6.42 Å². The third kappa shape index (κ3) is 1.87. The lowest BCUT2D eigenvalue weighted by molar-refractivity contribution is 0.0695. The molecule has 1 rings (SSSR count). The summed E-state index contributed by atoms with van der Waals surface area (Å²) in [5, 5.41) is 17.7. The second-order valence-electron chi connectivity index (χ2n) is 2.72. The van der Waals surface area contributed by atoms with E-state index in [9.17, 15) is 4.79 Å². The van der Waals surface area contributed by atoms with E-state index >= 15 is 0 Å².